The van der Waals surface area contributed by atoms with Crippen LogP contribution < -0.4 is 10.6 Å². The van der Waals surface area contributed by atoms with Crippen LogP contribution in [0.2, 0.25) is 0 Å². The molecule has 0 saturated heterocycles. The third-order valence-electron chi connectivity index (χ3n) is 2.89. The van der Waals surface area contributed by atoms with E-state index in [4.69, 9.17) is 0 Å². The van der Waals surface area contributed by atoms with E-state index in [1.165, 1.54) is 6.20 Å². The van der Waals surface area contributed by atoms with Crippen LogP contribution in [0, 0.1) is 5.82 Å². The van der Waals surface area contributed by atoms with Crippen molar-refractivity contribution in [2.75, 3.05) is 0 Å². The highest BCUT2D eigenvalue weighted by Gasteiger charge is 2.31. The van der Waals surface area contributed by atoms with Crippen LogP contribution in [0.1, 0.15) is 21.6 Å². The SMILES string of the molecule is O=C(NCc1cn(SF)cn1)NC(=O)c1ccc(C(F)(F)F)cc1F. The number of urea groups is 1. The highest BCUT2D eigenvalue weighted by atomic mass is 32.2. The van der Waals surface area contributed by atoms with Gasteiger partial charge in [0.05, 0.1) is 23.4 Å². The van der Waals surface area contributed by atoms with E-state index in [2.05, 4.69) is 10.3 Å². The van der Waals surface area contributed by atoms with Crippen LogP contribution in [-0.4, -0.2) is 20.9 Å². The largest absolute Gasteiger partial charge is 0.416 e. The molecule has 1 aromatic heterocycles. The molecule has 3 amide bonds. The number of hydrogen-bond acceptors (Lipinski definition) is 4. The van der Waals surface area contributed by atoms with Crippen molar-refractivity contribution in [2.24, 2.45) is 0 Å². The average Bonchev–Trinajstić information content (AvgIpc) is 3.00. The van der Waals surface area contributed by atoms with Gasteiger partial charge < -0.3 is 5.32 Å². The summed E-state index contributed by atoms with van der Waals surface area (Å²) in [6.07, 6.45) is -2.32. The van der Waals surface area contributed by atoms with Gasteiger partial charge >= 0.3 is 12.2 Å². The number of carbonyl (C=O) groups is 2. The lowest BCUT2D eigenvalue weighted by Crippen LogP contribution is -2.39. The summed E-state index contributed by atoms with van der Waals surface area (Å²) >= 11 is -0.114. The van der Waals surface area contributed by atoms with Gasteiger partial charge in [0, 0.05) is 6.20 Å². The highest BCUT2D eigenvalue weighted by molar-refractivity contribution is 7.92. The Morgan fingerprint density at radius 3 is 2.56 bits per heavy atom. The summed E-state index contributed by atoms with van der Waals surface area (Å²) in [4.78, 5) is 27.0. The second kappa shape index (κ2) is 7.51. The van der Waals surface area contributed by atoms with Gasteiger partial charge in [-0.25, -0.2) is 14.2 Å². The van der Waals surface area contributed by atoms with Crippen LogP contribution in [0.5, 0.6) is 0 Å². The van der Waals surface area contributed by atoms with Crippen LogP contribution in [0.4, 0.5) is 26.2 Å². The standard InChI is InChI=1S/C13H9F5N4O2S/c14-10-3-7(13(15,16)17)1-2-9(10)11(23)21-12(24)19-4-8-5-22(25-18)6-20-8/h1-3,5-6H,4H2,(H2,19,21,23,24). The van der Waals surface area contributed by atoms with Crippen LogP contribution >= 0.6 is 12.3 Å². The van der Waals surface area contributed by atoms with E-state index in [1.807, 2.05) is 0 Å². The van der Waals surface area contributed by atoms with Gasteiger partial charge in [-0.2, -0.15) is 13.2 Å². The molecule has 2 N–H and O–H groups in total. The topological polar surface area (TPSA) is 76.0 Å². The molecule has 2 rings (SSSR count). The predicted molar refractivity (Wildman–Crippen MR) is 77.4 cm³/mol. The fourth-order valence-corrected chi connectivity index (χ4v) is 1.98. The van der Waals surface area contributed by atoms with Gasteiger partial charge in [-0.05, 0) is 18.2 Å². The first kappa shape index (κ1) is 18.7. The van der Waals surface area contributed by atoms with Crippen LogP contribution in [0.3, 0.4) is 0 Å². The predicted octanol–water partition coefficient (Wildman–Crippen LogP) is 3.06. The minimum atomic E-state index is -4.76. The zero-order valence-electron chi connectivity index (χ0n) is 12.1. The van der Waals surface area contributed by atoms with Crippen LogP contribution in [0.15, 0.2) is 30.7 Å². The lowest BCUT2D eigenvalue weighted by molar-refractivity contribution is -0.137. The molecular weight excluding hydrogens is 371 g/mol. The second-order valence-corrected chi connectivity index (χ2v) is 5.18. The van der Waals surface area contributed by atoms with Gasteiger partial charge in [0.25, 0.3) is 5.91 Å². The van der Waals surface area contributed by atoms with E-state index < -0.39 is 35.1 Å². The number of hydrogen-bond donors (Lipinski definition) is 2. The minimum absolute atomic E-state index is 0.114. The molecule has 12 heteroatoms. The Morgan fingerprint density at radius 2 is 2.00 bits per heavy atom. The highest BCUT2D eigenvalue weighted by Crippen LogP contribution is 2.30. The van der Waals surface area contributed by atoms with E-state index >= 15 is 0 Å². The smallest absolute Gasteiger partial charge is 0.332 e. The summed E-state index contributed by atoms with van der Waals surface area (Å²) in [5.74, 6) is -2.63. The van der Waals surface area contributed by atoms with Crippen molar-refractivity contribution in [3.8, 4) is 0 Å². The molecule has 0 atom stereocenters. The van der Waals surface area contributed by atoms with Gasteiger partial charge in [-0.15, -0.1) is 3.89 Å². The third kappa shape index (κ3) is 4.92. The number of rotatable bonds is 4. The van der Waals surface area contributed by atoms with Crippen LogP contribution in [-0.2, 0) is 12.7 Å². The Kier molecular flexibility index (Phi) is 5.62. The number of alkyl halides is 3. The van der Waals surface area contributed by atoms with Crippen molar-refractivity contribution in [2.45, 2.75) is 12.7 Å². The summed E-state index contributed by atoms with van der Waals surface area (Å²) in [5, 5.41) is 3.97. The quantitative estimate of drug-likeness (QED) is 0.800. The van der Waals surface area contributed by atoms with E-state index in [1.54, 1.807) is 5.32 Å². The molecule has 6 nitrogen and oxygen atoms in total. The summed E-state index contributed by atoms with van der Waals surface area (Å²) < 4.78 is 64.2. The maximum Gasteiger partial charge on any atom is 0.416 e. The van der Waals surface area contributed by atoms with Crippen molar-refractivity contribution in [3.63, 3.8) is 0 Å². The molecule has 2 aromatic rings. The Morgan fingerprint density at radius 1 is 1.28 bits per heavy atom. The zero-order chi connectivity index (χ0) is 18.6. The molecule has 0 aliphatic carbocycles. The minimum Gasteiger partial charge on any atom is -0.332 e. The number of nitrogens with zero attached hydrogens (tertiary/aromatic N) is 2. The number of imide groups is 1. The van der Waals surface area contributed by atoms with Crippen molar-refractivity contribution in [3.05, 3.63) is 53.4 Å². The number of amides is 3. The molecule has 0 unspecified atom stereocenters. The third-order valence-corrected chi connectivity index (χ3v) is 3.25. The molecule has 0 saturated carbocycles. The number of imidazole rings is 1. The lowest BCUT2D eigenvalue weighted by Gasteiger charge is -2.09. The molecular formula is C13H9F5N4O2S. The van der Waals surface area contributed by atoms with Crippen LogP contribution in [0.25, 0.3) is 0 Å². The first-order valence-electron chi connectivity index (χ1n) is 6.48. The summed E-state index contributed by atoms with van der Waals surface area (Å²) in [5.41, 5.74) is -1.69. The molecule has 0 fully saturated rings. The summed E-state index contributed by atoms with van der Waals surface area (Å²) in [6.45, 7) is -0.151. The van der Waals surface area contributed by atoms with Crippen molar-refractivity contribution in [1.82, 2.24) is 19.6 Å². The summed E-state index contributed by atoms with van der Waals surface area (Å²) in [7, 11) is 0. The normalized spacial score (nSPS) is 11.2. The molecule has 0 radical (unpaired) electrons. The lowest BCUT2D eigenvalue weighted by atomic mass is 10.1. The molecule has 0 aliphatic heterocycles. The van der Waals surface area contributed by atoms with E-state index in [0.29, 0.717) is 12.1 Å². The maximum atomic E-state index is 13.6. The number of benzene rings is 1. The maximum absolute atomic E-state index is 13.6. The Balaban J connectivity index is 1.95. The molecule has 1 aromatic carbocycles. The monoisotopic (exact) mass is 380 g/mol. The molecule has 1 heterocycles. The van der Waals surface area contributed by atoms with Crippen molar-refractivity contribution < 1.29 is 31.0 Å². The van der Waals surface area contributed by atoms with E-state index in [0.717, 1.165) is 10.3 Å². The molecule has 134 valence electrons. The first-order chi connectivity index (χ1) is 11.7. The number of nitrogens with one attached hydrogen (secondary N) is 2. The molecule has 0 aliphatic rings. The zero-order valence-corrected chi connectivity index (χ0v) is 12.9. The van der Waals surface area contributed by atoms with Gasteiger partial charge in [0.1, 0.15) is 12.1 Å². The fraction of sp³-hybridized carbons (Fsp3) is 0.154. The molecule has 0 spiro atoms. The number of halogens is 5. The second-order valence-electron chi connectivity index (χ2n) is 4.62. The number of carbonyl (C=O) groups excluding carboxylic acids is 2. The van der Waals surface area contributed by atoms with Gasteiger partial charge in [0.15, 0.2) is 12.3 Å². The Labute approximate surface area is 141 Å². The summed E-state index contributed by atoms with van der Waals surface area (Å²) in [6, 6.07) is 0.290. The van der Waals surface area contributed by atoms with Crippen molar-refractivity contribution in [1.29, 1.82) is 0 Å². The Bertz CT molecular complexity index is 793. The number of aromatic nitrogens is 2. The van der Waals surface area contributed by atoms with Gasteiger partial charge in [-0.1, -0.05) is 0 Å². The van der Waals surface area contributed by atoms with Crippen molar-refractivity contribution >= 4 is 24.3 Å². The fourth-order valence-electron chi connectivity index (χ4n) is 1.73. The molecule has 0 bridgehead atoms. The Hall–Kier alpha value is -2.63. The van der Waals surface area contributed by atoms with Gasteiger partial charge in [-0.3, -0.25) is 14.1 Å². The van der Waals surface area contributed by atoms with Gasteiger partial charge in [0.2, 0.25) is 0 Å². The van der Waals surface area contributed by atoms with E-state index in [9.17, 15) is 31.0 Å². The van der Waals surface area contributed by atoms with E-state index in [-0.39, 0.29) is 30.6 Å². The molecule has 25 heavy (non-hydrogen) atoms. The first-order valence-corrected chi connectivity index (χ1v) is 7.16. The average molecular weight is 380 g/mol.